The van der Waals surface area contributed by atoms with Crippen molar-refractivity contribution < 1.29 is 21.6 Å². The van der Waals surface area contributed by atoms with E-state index < -0.39 is 26.1 Å². The Morgan fingerprint density at radius 3 is 2.21 bits per heavy atom. The number of carbonyl (C=O) groups excluding carboxylic acids is 1. The molecule has 2 aliphatic heterocycles. The van der Waals surface area contributed by atoms with E-state index in [1.165, 1.54) is 19.9 Å². The van der Waals surface area contributed by atoms with Gasteiger partial charge in [0.15, 0.2) is 0 Å². The predicted molar refractivity (Wildman–Crippen MR) is 108 cm³/mol. The Morgan fingerprint density at radius 1 is 1.04 bits per heavy atom. The zero-order valence-corrected chi connectivity index (χ0v) is 18.9. The number of piperazine rings is 1. The van der Waals surface area contributed by atoms with Crippen LogP contribution in [0.15, 0.2) is 11.0 Å². The number of thiophene rings is 1. The fourth-order valence-corrected chi connectivity index (χ4v) is 7.98. The summed E-state index contributed by atoms with van der Waals surface area (Å²) < 4.78 is 52.6. The summed E-state index contributed by atoms with van der Waals surface area (Å²) in [6.45, 7) is 5.02. The van der Waals surface area contributed by atoms with E-state index in [0.717, 1.165) is 28.9 Å². The Kier molecular flexibility index (Phi) is 6.21. The Morgan fingerprint density at radius 2 is 1.68 bits per heavy atom. The lowest BCUT2D eigenvalue weighted by atomic mass is 10.0. The highest BCUT2D eigenvalue weighted by molar-refractivity contribution is 7.89. The highest BCUT2D eigenvalue weighted by Crippen LogP contribution is 2.29. The lowest BCUT2D eigenvalue weighted by molar-refractivity contribution is -0.137. The second kappa shape index (κ2) is 8.02. The average molecular weight is 450 g/mol. The number of amides is 1. The number of hydrogen-bond acceptors (Lipinski definition) is 6. The van der Waals surface area contributed by atoms with Gasteiger partial charge < -0.3 is 4.90 Å². The molecule has 2 fully saturated rings. The van der Waals surface area contributed by atoms with Crippen molar-refractivity contribution in [3.8, 4) is 0 Å². The van der Waals surface area contributed by atoms with Gasteiger partial charge in [0.25, 0.3) is 0 Å². The quantitative estimate of drug-likeness (QED) is 0.684. The standard InChI is InChI=1S/C17H27N3O5S3/c1-13-12-16(14(2)26-13)28(24,25)19-10-8-18(9-11-19)17(21)15-6-4-5-7-20(15)27(3,22)23/h12,15H,4-11H2,1-3H3. The average Bonchev–Trinajstić information content (AvgIpc) is 2.99. The molecule has 0 spiro atoms. The van der Waals surface area contributed by atoms with E-state index >= 15 is 0 Å². The van der Waals surface area contributed by atoms with E-state index in [4.69, 9.17) is 0 Å². The second-order valence-electron chi connectivity index (χ2n) is 7.39. The summed E-state index contributed by atoms with van der Waals surface area (Å²) in [5.74, 6) is -0.218. The minimum atomic E-state index is -3.58. The summed E-state index contributed by atoms with van der Waals surface area (Å²) in [6.07, 6.45) is 3.21. The van der Waals surface area contributed by atoms with Crippen LogP contribution in [0.2, 0.25) is 0 Å². The van der Waals surface area contributed by atoms with E-state index in [0.29, 0.717) is 17.9 Å². The largest absolute Gasteiger partial charge is 0.339 e. The third-order valence-corrected chi connectivity index (χ3v) is 9.74. The molecule has 158 valence electrons. The molecule has 11 heteroatoms. The highest BCUT2D eigenvalue weighted by atomic mass is 32.2. The smallest absolute Gasteiger partial charge is 0.244 e. The molecule has 1 aromatic heterocycles. The summed E-state index contributed by atoms with van der Waals surface area (Å²) in [7, 11) is -7.03. The fourth-order valence-electron chi connectivity index (χ4n) is 3.91. The number of aryl methyl sites for hydroxylation is 2. The molecule has 0 aromatic carbocycles. The summed E-state index contributed by atoms with van der Waals surface area (Å²) in [5, 5.41) is 0. The van der Waals surface area contributed by atoms with Crippen molar-refractivity contribution in [2.45, 2.75) is 44.0 Å². The van der Waals surface area contributed by atoms with E-state index in [-0.39, 0.29) is 32.1 Å². The van der Waals surface area contributed by atoms with Crippen LogP contribution in [0.25, 0.3) is 0 Å². The number of carbonyl (C=O) groups is 1. The molecule has 3 heterocycles. The second-order valence-corrected chi connectivity index (χ2v) is 12.7. The number of hydrogen-bond donors (Lipinski definition) is 0. The number of rotatable bonds is 4. The van der Waals surface area contributed by atoms with Gasteiger partial charge in [0.1, 0.15) is 6.04 Å². The first-order valence-electron chi connectivity index (χ1n) is 9.34. The zero-order valence-electron chi connectivity index (χ0n) is 16.4. The molecule has 1 aromatic rings. The van der Waals surface area contributed by atoms with Gasteiger partial charge in [-0.3, -0.25) is 4.79 Å². The molecule has 0 saturated carbocycles. The third kappa shape index (κ3) is 4.28. The molecule has 3 rings (SSSR count). The SMILES string of the molecule is Cc1cc(S(=O)(=O)N2CCN(C(=O)C3CCCCN3S(C)(=O)=O)CC2)c(C)s1. The Labute approximate surface area is 171 Å². The number of piperidine rings is 1. The number of sulfonamides is 2. The van der Waals surface area contributed by atoms with Crippen molar-refractivity contribution in [1.82, 2.24) is 13.5 Å². The van der Waals surface area contributed by atoms with Gasteiger partial charge in [-0.2, -0.15) is 8.61 Å². The maximum atomic E-state index is 12.9. The Balaban J connectivity index is 1.69. The lowest BCUT2D eigenvalue weighted by Gasteiger charge is -2.39. The van der Waals surface area contributed by atoms with E-state index in [9.17, 15) is 21.6 Å². The first kappa shape index (κ1) is 21.7. The summed E-state index contributed by atoms with van der Waals surface area (Å²) in [6, 6.07) is 1.02. The highest BCUT2D eigenvalue weighted by Gasteiger charge is 2.39. The topological polar surface area (TPSA) is 95.1 Å². The maximum Gasteiger partial charge on any atom is 0.244 e. The lowest BCUT2D eigenvalue weighted by Crippen LogP contribution is -2.57. The third-order valence-electron chi connectivity index (χ3n) is 5.33. The number of nitrogens with zero attached hydrogens (tertiary/aromatic N) is 3. The van der Waals surface area contributed by atoms with Crippen molar-refractivity contribution in [3.05, 3.63) is 15.8 Å². The first-order chi connectivity index (χ1) is 13.0. The molecular formula is C17H27N3O5S3. The van der Waals surface area contributed by atoms with Crippen LogP contribution in [-0.4, -0.2) is 81.3 Å². The van der Waals surface area contributed by atoms with Crippen LogP contribution in [-0.2, 0) is 24.8 Å². The van der Waals surface area contributed by atoms with Gasteiger partial charge in [0.05, 0.1) is 11.2 Å². The van der Waals surface area contributed by atoms with Crippen LogP contribution in [0.5, 0.6) is 0 Å². The van der Waals surface area contributed by atoms with Gasteiger partial charge in [-0.1, -0.05) is 6.42 Å². The van der Waals surface area contributed by atoms with Gasteiger partial charge in [0.2, 0.25) is 26.0 Å². The van der Waals surface area contributed by atoms with Crippen LogP contribution < -0.4 is 0 Å². The first-order valence-corrected chi connectivity index (χ1v) is 13.4. The molecule has 1 amide bonds. The van der Waals surface area contributed by atoms with Crippen molar-refractivity contribution in [1.29, 1.82) is 0 Å². The van der Waals surface area contributed by atoms with E-state index in [1.807, 2.05) is 6.92 Å². The molecule has 8 nitrogen and oxygen atoms in total. The summed E-state index contributed by atoms with van der Waals surface area (Å²) >= 11 is 1.45. The maximum absolute atomic E-state index is 12.9. The molecule has 0 aliphatic carbocycles. The molecule has 0 N–H and O–H groups in total. The molecule has 0 bridgehead atoms. The van der Waals surface area contributed by atoms with Gasteiger partial charge in [-0.05, 0) is 32.8 Å². The van der Waals surface area contributed by atoms with Crippen molar-refractivity contribution >= 4 is 37.3 Å². The minimum absolute atomic E-state index is 0.216. The van der Waals surface area contributed by atoms with Crippen molar-refractivity contribution in [2.75, 3.05) is 39.0 Å². The van der Waals surface area contributed by atoms with Gasteiger partial charge >= 0.3 is 0 Å². The van der Waals surface area contributed by atoms with Crippen molar-refractivity contribution in [3.63, 3.8) is 0 Å². The van der Waals surface area contributed by atoms with Crippen LogP contribution in [0.1, 0.15) is 29.0 Å². The van der Waals surface area contributed by atoms with E-state index in [1.54, 1.807) is 17.9 Å². The minimum Gasteiger partial charge on any atom is -0.339 e. The zero-order chi connectivity index (χ0) is 20.7. The molecule has 2 saturated heterocycles. The van der Waals surface area contributed by atoms with Gasteiger partial charge in [0, 0.05) is 42.5 Å². The Bertz CT molecular complexity index is 947. The molecule has 28 heavy (non-hydrogen) atoms. The van der Waals surface area contributed by atoms with Crippen LogP contribution in [0, 0.1) is 13.8 Å². The van der Waals surface area contributed by atoms with Crippen molar-refractivity contribution in [2.24, 2.45) is 0 Å². The molecular weight excluding hydrogens is 422 g/mol. The fraction of sp³-hybridized carbons (Fsp3) is 0.706. The molecule has 2 aliphatic rings. The summed E-state index contributed by atoms with van der Waals surface area (Å²) in [4.78, 5) is 16.6. The van der Waals surface area contributed by atoms with Gasteiger partial charge in [-0.25, -0.2) is 16.8 Å². The summed E-state index contributed by atoms with van der Waals surface area (Å²) in [5.41, 5.74) is 0. The monoisotopic (exact) mass is 449 g/mol. The van der Waals surface area contributed by atoms with Crippen LogP contribution in [0.4, 0.5) is 0 Å². The predicted octanol–water partition coefficient (Wildman–Crippen LogP) is 1.01. The van der Waals surface area contributed by atoms with Crippen LogP contribution in [0.3, 0.4) is 0 Å². The van der Waals surface area contributed by atoms with E-state index in [2.05, 4.69) is 0 Å². The Hall–Kier alpha value is -1.01. The molecule has 1 atom stereocenters. The normalized spacial score (nSPS) is 23.1. The molecule has 0 radical (unpaired) electrons. The van der Waals surface area contributed by atoms with Gasteiger partial charge in [-0.15, -0.1) is 11.3 Å². The molecule has 1 unspecified atom stereocenters. The van der Waals surface area contributed by atoms with Crippen LogP contribution >= 0.6 is 11.3 Å².